The standard InChI is InChI=1S/C15H18N2O4S2/c1-11(12-5-3-2-4-6-12)10-23(20,21)16-8-14-17-13(9-22-14)7-15(18)19/h2-6,9,11,16H,7-8,10H2,1H3,(H,18,19). The van der Waals surface area contributed by atoms with Crippen LogP contribution in [0.2, 0.25) is 0 Å². The van der Waals surface area contributed by atoms with E-state index in [2.05, 4.69) is 9.71 Å². The molecule has 1 atom stereocenters. The van der Waals surface area contributed by atoms with Crippen LogP contribution in [0.15, 0.2) is 35.7 Å². The minimum atomic E-state index is -3.44. The van der Waals surface area contributed by atoms with Crippen molar-refractivity contribution < 1.29 is 18.3 Å². The molecule has 0 radical (unpaired) electrons. The quantitative estimate of drug-likeness (QED) is 0.756. The number of hydrogen-bond acceptors (Lipinski definition) is 5. The highest BCUT2D eigenvalue weighted by Crippen LogP contribution is 2.17. The zero-order chi connectivity index (χ0) is 16.9. The van der Waals surface area contributed by atoms with Crippen LogP contribution in [0.1, 0.15) is 29.1 Å². The summed E-state index contributed by atoms with van der Waals surface area (Å²) >= 11 is 1.25. The fraction of sp³-hybridized carbons (Fsp3) is 0.333. The van der Waals surface area contributed by atoms with Gasteiger partial charge in [0.2, 0.25) is 10.0 Å². The van der Waals surface area contributed by atoms with Crippen molar-refractivity contribution in [2.24, 2.45) is 0 Å². The lowest BCUT2D eigenvalue weighted by molar-refractivity contribution is -0.136. The molecule has 2 rings (SSSR count). The number of rotatable bonds is 8. The second-order valence-electron chi connectivity index (χ2n) is 5.22. The molecule has 6 nitrogen and oxygen atoms in total. The van der Waals surface area contributed by atoms with Gasteiger partial charge in [-0.05, 0) is 11.5 Å². The Morgan fingerprint density at radius 3 is 2.70 bits per heavy atom. The van der Waals surface area contributed by atoms with Crippen LogP contribution in [-0.2, 0) is 27.8 Å². The first-order chi connectivity index (χ1) is 10.9. The van der Waals surface area contributed by atoms with E-state index in [9.17, 15) is 13.2 Å². The van der Waals surface area contributed by atoms with Crippen molar-refractivity contribution in [2.45, 2.75) is 25.8 Å². The molecule has 0 aliphatic heterocycles. The molecule has 0 saturated carbocycles. The third-order valence-corrected chi connectivity index (χ3v) is 5.63. The minimum absolute atomic E-state index is 0.00955. The van der Waals surface area contributed by atoms with E-state index in [1.165, 1.54) is 11.3 Å². The Labute approximate surface area is 139 Å². The van der Waals surface area contributed by atoms with Gasteiger partial charge in [-0.3, -0.25) is 4.79 Å². The van der Waals surface area contributed by atoms with Crippen molar-refractivity contribution in [1.82, 2.24) is 9.71 Å². The van der Waals surface area contributed by atoms with Crippen molar-refractivity contribution in [2.75, 3.05) is 5.75 Å². The van der Waals surface area contributed by atoms with Crippen LogP contribution in [0.5, 0.6) is 0 Å². The highest BCUT2D eigenvalue weighted by atomic mass is 32.2. The van der Waals surface area contributed by atoms with Gasteiger partial charge in [0.1, 0.15) is 5.01 Å². The molecule has 8 heteroatoms. The first-order valence-electron chi connectivity index (χ1n) is 7.03. The van der Waals surface area contributed by atoms with Gasteiger partial charge in [-0.15, -0.1) is 11.3 Å². The smallest absolute Gasteiger partial charge is 0.309 e. The lowest BCUT2D eigenvalue weighted by Gasteiger charge is -2.12. The predicted molar refractivity (Wildman–Crippen MR) is 88.9 cm³/mol. The highest BCUT2D eigenvalue weighted by molar-refractivity contribution is 7.89. The fourth-order valence-corrected chi connectivity index (χ4v) is 4.25. The molecule has 0 fully saturated rings. The van der Waals surface area contributed by atoms with Crippen LogP contribution in [0.3, 0.4) is 0 Å². The first kappa shape index (κ1) is 17.6. The highest BCUT2D eigenvalue weighted by Gasteiger charge is 2.17. The zero-order valence-corrected chi connectivity index (χ0v) is 14.2. The maximum Gasteiger partial charge on any atom is 0.309 e. The Morgan fingerprint density at radius 2 is 2.04 bits per heavy atom. The number of sulfonamides is 1. The molecule has 2 N–H and O–H groups in total. The van der Waals surface area contributed by atoms with Gasteiger partial charge in [0.25, 0.3) is 0 Å². The van der Waals surface area contributed by atoms with E-state index in [1.807, 2.05) is 37.3 Å². The van der Waals surface area contributed by atoms with Crippen molar-refractivity contribution in [3.8, 4) is 0 Å². The summed E-state index contributed by atoms with van der Waals surface area (Å²) in [7, 11) is -3.44. The number of carboxylic acids is 1. The lowest BCUT2D eigenvalue weighted by Crippen LogP contribution is -2.28. The summed E-state index contributed by atoms with van der Waals surface area (Å²) in [6.07, 6.45) is -0.158. The Morgan fingerprint density at radius 1 is 1.35 bits per heavy atom. The SMILES string of the molecule is CC(CS(=O)(=O)NCc1nc(CC(=O)O)cs1)c1ccccc1. The van der Waals surface area contributed by atoms with Crippen LogP contribution in [0.4, 0.5) is 0 Å². The monoisotopic (exact) mass is 354 g/mol. The fourth-order valence-electron chi connectivity index (χ4n) is 2.10. The molecule has 23 heavy (non-hydrogen) atoms. The number of benzene rings is 1. The van der Waals surface area contributed by atoms with Crippen LogP contribution >= 0.6 is 11.3 Å². The van der Waals surface area contributed by atoms with Gasteiger partial charge in [-0.2, -0.15) is 0 Å². The zero-order valence-electron chi connectivity index (χ0n) is 12.6. The van der Waals surface area contributed by atoms with Crippen LogP contribution in [-0.4, -0.2) is 30.2 Å². The minimum Gasteiger partial charge on any atom is -0.481 e. The Bertz CT molecular complexity index is 757. The van der Waals surface area contributed by atoms with Gasteiger partial charge >= 0.3 is 5.97 Å². The summed E-state index contributed by atoms with van der Waals surface area (Å²) in [5, 5.41) is 10.9. The predicted octanol–water partition coefficient (Wildman–Crippen LogP) is 1.99. The molecule has 0 saturated heterocycles. The molecule has 2 aromatic rings. The maximum atomic E-state index is 12.1. The van der Waals surface area contributed by atoms with E-state index >= 15 is 0 Å². The van der Waals surface area contributed by atoms with Gasteiger partial charge in [-0.25, -0.2) is 18.1 Å². The second-order valence-corrected chi connectivity index (χ2v) is 8.01. The Balaban J connectivity index is 1.91. The molecule has 1 aromatic carbocycles. The molecule has 1 unspecified atom stereocenters. The van der Waals surface area contributed by atoms with Gasteiger partial charge < -0.3 is 5.11 Å². The number of hydrogen-bond donors (Lipinski definition) is 2. The van der Waals surface area contributed by atoms with Crippen molar-refractivity contribution in [1.29, 1.82) is 0 Å². The first-order valence-corrected chi connectivity index (χ1v) is 9.56. The van der Waals surface area contributed by atoms with Crippen molar-refractivity contribution in [3.63, 3.8) is 0 Å². The summed E-state index contributed by atoms with van der Waals surface area (Å²) < 4.78 is 26.8. The summed E-state index contributed by atoms with van der Waals surface area (Å²) in [5.41, 5.74) is 1.41. The molecule has 0 bridgehead atoms. The normalized spacial score (nSPS) is 12.9. The number of thiazole rings is 1. The third-order valence-electron chi connectivity index (χ3n) is 3.21. The molecule has 1 aromatic heterocycles. The van der Waals surface area contributed by atoms with E-state index in [0.717, 1.165) is 5.56 Å². The van der Waals surface area contributed by atoms with E-state index in [-0.39, 0.29) is 24.6 Å². The third kappa shape index (κ3) is 5.74. The molecule has 0 aliphatic rings. The number of carbonyl (C=O) groups is 1. The molecular formula is C15H18N2O4S2. The van der Waals surface area contributed by atoms with Gasteiger partial charge in [-0.1, -0.05) is 37.3 Å². The molecule has 0 spiro atoms. The van der Waals surface area contributed by atoms with E-state index in [0.29, 0.717) is 10.7 Å². The maximum absolute atomic E-state index is 12.1. The van der Waals surface area contributed by atoms with Crippen LogP contribution < -0.4 is 4.72 Å². The van der Waals surface area contributed by atoms with Crippen LogP contribution in [0.25, 0.3) is 0 Å². The number of nitrogens with zero attached hydrogens (tertiary/aromatic N) is 1. The van der Waals surface area contributed by atoms with Gasteiger partial charge in [0, 0.05) is 5.38 Å². The topological polar surface area (TPSA) is 96.4 Å². The summed E-state index contributed by atoms with van der Waals surface area (Å²) in [6, 6.07) is 9.45. The molecule has 0 amide bonds. The second kappa shape index (κ2) is 7.67. The lowest BCUT2D eigenvalue weighted by atomic mass is 10.0. The molecule has 1 heterocycles. The summed E-state index contributed by atoms with van der Waals surface area (Å²) in [4.78, 5) is 14.7. The number of nitrogens with one attached hydrogen (secondary N) is 1. The number of carboxylic acid groups (broad SMARTS) is 1. The summed E-state index contributed by atoms with van der Waals surface area (Å²) in [6.45, 7) is 1.94. The number of aliphatic carboxylic acids is 1. The average molecular weight is 354 g/mol. The van der Waals surface area contributed by atoms with Crippen molar-refractivity contribution in [3.05, 3.63) is 52.0 Å². The van der Waals surface area contributed by atoms with Crippen molar-refractivity contribution >= 4 is 27.3 Å². The molecule has 0 aliphatic carbocycles. The molecule has 124 valence electrons. The Hall–Kier alpha value is -1.77. The number of aromatic nitrogens is 1. The summed E-state index contributed by atoms with van der Waals surface area (Å²) in [5.74, 6) is -1.09. The van der Waals surface area contributed by atoms with Crippen LogP contribution in [0, 0.1) is 0 Å². The van der Waals surface area contributed by atoms with E-state index in [1.54, 1.807) is 5.38 Å². The largest absolute Gasteiger partial charge is 0.481 e. The van der Waals surface area contributed by atoms with Gasteiger partial charge in [0.05, 0.1) is 24.4 Å². The van der Waals surface area contributed by atoms with Gasteiger partial charge in [0.15, 0.2) is 0 Å². The average Bonchev–Trinajstić information content (AvgIpc) is 2.92. The Kier molecular flexibility index (Phi) is 5.86. The van der Waals surface area contributed by atoms with E-state index < -0.39 is 16.0 Å². The molecular weight excluding hydrogens is 336 g/mol. The van der Waals surface area contributed by atoms with E-state index in [4.69, 9.17) is 5.11 Å².